The standard InChI is InChI=1S/C14H26N2O/c1-11(2)9-12-5-8-16(10-12)14(17)13-3-6-15-7-4-13/h11-13,15H,3-10H2,1-2H3. The van der Waals surface area contributed by atoms with Gasteiger partial charge in [0.05, 0.1) is 0 Å². The summed E-state index contributed by atoms with van der Waals surface area (Å²) in [5.74, 6) is 2.24. The van der Waals surface area contributed by atoms with Gasteiger partial charge in [-0.3, -0.25) is 4.79 Å². The van der Waals surface area contributed by atoms with Gasteiger partial charge in [-0.25, -0.2) is 0 Å². The van der Waals surface area contributed by atoms with Gasteiger partial charge in [0.25, 0.3) is 0 Å². The van der Waals surface area contributed by atoms with Crippen molar-refractivity contribution in [3.05, 3.63) is 0 Å². The fourth-order valence-corrected chi connectivity index (χ4v) is 3.22. The Morgan fingerprint density at radius 2 is 2.00 bits per heavy atom. The molecule has 2 aliphatic heterocycles. The van der Waals surface area contributed by atoms with E-state index in [9.17, 15) is 4.79 Å². The van der Waals surface area contributed by atoms with E-state index < -0.39 is 0 Å². The molecule has 17 heavy (non-hydrogen) atoms. The van der Waals surface area contributed by atoms with E-state index in [-0.39, 0.29) is 0 Å². The van der Waals surface area contributed by atoms with E-state index in [0.29, 0.717) is 11.8 Å². The van der Waals surface area contributed by atoms with Crippen molar-refractivity contribution in [2.75, 3.05) is 26.2 Å². The molecule has 0 aromatic heterocycles. The van der Waals surface area contributed by atoms with Crippen LogP contribution in [0.5, 0.6) is 0 Å². The van der Waals surface area contributed by atoms with Gasteiger partial charge in [0.2, 0.25) is 5.91 Å². The molecule has 0 aromatic carbocycles. The Kier molecular flexibility index (Phi) is 4.43. The van der Waals surface area contributed by atoms with Crippen molar-refractivity contribution in [1.82, 2.24) is 10.2 Å². The molecule has 0 bridgehead atoms. The molecule has 0 radical (unpaired) electrons. The maximum atomic E-state index is 12.3. The lowest BCUT2D eigenvalue weighted by atomic mass is 9.96. The van der Waals surface area contributed by atoms with E-state index in [1.165, 1.54) is 12.8 Å². The average Bonchev–Trinajstić information content (AvgIpc) is 2.77. The molecule has 1 unspecified atom stereocenters. The van der Waals surface area contributed by atoms with E-state index in [1.807, 2.05) is 0 Å². The van der Waals surface area contributed by atoms with Crippen molar-refractivity contribution < 1.29 is 4.79 Å². The first-order chi connectivity index (χ1) is 8.16. The zero-order valence-corrected chi connectivity index (χ0v) is 11.2. The molecule has 0 saturated carbocycles. The minimum atomic E-state index is 0.300. The van der Waals surface area contributed by atoms with Crippen LogP contribution in [0.4, 0.5) is 0 Å². The summed E-state index contributed by atoms with van der Waals surface area (Å²) in [7, 11) is 0. The molecule has 98 valence electrons. The minimum absolute atomic E-state index is 0.300. The summed E-state index contributed by atoms with van der Waals surface area (Å²) in [4.78, 5) is 14.5. The number of piperidine rings is 1. The molecule has 2 heterocycles. The molecule has 2 aliphatic rings. The Hall–Kier alpha value is -0.570. The third-order valence-electron chi connectivity index (χ3n) is 4.09. The molecule has 3 nitrogen and oxygen atoms in total. The lowest BCUT2D eigenvalue weighted by Crippen LogP contribution is -2.40. The van der Waals surface area contributed by atoms with E-state index in [4.69, 9.17) is 0 Å². The van der Waals surface area contributed by atoms with Gasteiger partial charge in [-0.05, 0) is 50.6 Å². The molecule has 3 heteroatoms. The largest absolute Gasteiger partial charge is 0.342 e. The first-order valence-corrected chi connectivity index (χ1v) is 7.16. The molecular formula is C14H26N2O. The van der Waals surface area contributed by atoms with Crippen molar-refractivity contribution in [1.29, 1.82) is 0 Å². The molecule has 1 atom stereocenters. The number of hydrogen-bond donors (Lipinski definition) is 1. The van der Waals surface area contributed by atoms with Crippen LogP contribution in [0.25, 0.3) is 0 Å². The Morgan fingerprint density at radius 1 is 1.29 bits per heavy atom. The SMILES string of the molecule is CC(C)CC1CCN(C(=O)C2CCNCC2)C1. The maximum absolute atomic E-state index is 12.3. The highest BCUT2D eigenvalue weighted by Gasteiger charge is 2.31. The predicted molar refractivity (Wildman–Crippen MR) is 69.7 cm³/mol. The summed E-state index contributed by atoms with van der Waals surface area (Å²) in [5.41, 5.74) is 0. The van der Waals surface area contributed by atoms with Crippen molar-refractivity contribution in [3.8, 4) is 0 Å². The summed E-state index contributed by atoms with van der Waals surface area (Å²) in [6.07, 6.45) is 4.55. The van der Waals surface area contributed by atoms with Gasteiger partial charge < -0.3 is 10.2 Å². The quantitative estimate of drug-likeness (QED) is 0.814. The van der Waals surface area contributed by atoms with Crippen LogP contribution in [-0.2, 0) is 4.79 Å². The molecular weight excluding hydrogens is 212 g/mol. The molecule has 0 spiro atoms. The molecule has 0 aromatic rings. The van der Waals surface area contributed by atoms with Gasteiger partial charge in [0.1, 0.15) is 0 Å². The van der Waals surface area contributed by atoms with Crippen LogP contribution >= 0.6 is 0 Å². The topological polar surface area (TPSA) is 32.3 Å². The van der Waals surface area contributed by atoms with Gasteiger partial charge in [-0.1, -0.05) is 13.8 Å². The second-order valence-electron chi connectivity index (χ2n) is 6.09. The van der Waals surface area contributed by atoms with Crippen LogP contribution < -0.4 is 5.32 Å². The monoisotopic (exact) mass is 238 g/mol. The van der Waals surface area contributed by atoms with E-state index in [0.717, 1.165) is 50.9 Å². The number of carbonyl (C=O) groups excluding carboxylic acids is 1. The van der Waals surface area contributed by atoms with Gasteiger partial charge in [-0.2, -0.15) is 0 Å². The van der Waals surface area contributed by atoms with Crippen LogP contribution in [-0.4, -0.2) is 37.0 Å². The van der Waals surface area contributed by atoms with Gasteiger partial charge in [0, 0.05) is 19.0 Å². The lowest BCUT2D eigenvalue weighted by molar-refractivity contribution is -0.135. The Balaban J connectivity index is 1.80. The Morgan fingerprint density at radius 3 is 2.65 bits per heavy atom. The number of nitrogens with one attached hydrogen (secondary N) is 1. The van der Waals surface area contributed by atoms with Crippen molar-refractivity contribution >= 4 is 5.91 Å². The molecule has 0 aliphatic carbocycles. The third kappa shape index (κ3) is 3.44. The number of nitrogens with zero attached hydrogens (tertiary/aromatic N) is 1. The summed E-state index contributed by atoms with van der Waals surface area (Å²) in [6.45, 7) is 8.59. The lowest BCUT2D eigenvalue weighted by Gasteiger charge is -2.27. The molecule has 2 fully saturated rings. The van der Waals surface area contributed by atoms with E-state index in [2.05, 4.69) is 24.1 Å². The summed E-state index contributed by atoms with van der Waals surface area (Å²) >= 11 is 0. The second-order valence-corrected chi connectivity index (χ2v) is 6.09. The number of carbonyl (C=O) groups is 1. The zero-order valence-electron chi connectivity index (χ0n) is 11.2. The number of likely N-dealkylation sites (tertiary alicyclic amines) is 1. The summed E-state index contributed by atoms with van der Waals surface area (Å²) in [6, 6.07) is 0. The second kappa shape index (κ2) is 5.85. The highest BCUT2D eigenvalue weighted by atomic mass is 16.2. The summed E-state index contributed by atoms with van der Waals surface area (Å²) < 4.78 is 0. The number of rotatable bonds is 3. The Labute approximate surface area is 105 Å². The molecule has 2 rings (SSSR count). The van der Waals surface area contributed by atoms with Gasteiger partial charge >= 0.3 is 0 Å². The normalized spacial score (nSPS) is 26.8. The molecule has 1 N–H and O–H groups in total. The third-order valence-corrected chi connectivity index (χ3v) is 4.09. The highest BCUT2D eigenvalue weighted by Crippen LogP contribution is 2.26. The molecule has 2 saturated heterocycles. The van der Waals surface area contributed by atoms with E-state index >= 15 is 0 Å². The smallest absolute Gasteiger partial charge is 0.225 e. The van der Waals surface area contributed by atoms with Crippen molar-refractivity contribution in [3.63, 3.8) is 0 Å². The van der Waals surface area contributed by atoms with Gasteiger partial charge in [0.15, 0.2) is 0 Å². The van der Waals surface area contributed by atoms with Crippen LogP contribution in [0.15, 0.2) is 0 Å². The average molecular weight is 238 g/mol. The highest BCUT2D eigenvalue weighted by molar-refractivity contribution is 5.79. The summed E-state index contributed by atoms with van der Waals surface area (Å²) in [5, 5.41) is 3.32. The van der Waals surface area contributed by atoms with Crippen molar-refractivity contribution in [2.24, 2.45) is 17.8 Å². The van der Waals surface area contributed by atoms with Crippen LogP contribution in [0.2, 0.25) is 0 Å². The number of amides is 1. The van der Waals surface area contributed by atoms with E-state index in [1.54, 1.807) is 0 Å². The van der Waals surface area contributed by atoms with Crippen LogP contribution in [0.3, 0.4) is 0 Å². The van der Waals surface area contributed by atoms with Crippen LogP contribution in [0.1, 0.15) is 39.5 Å². The number of hydrogen-bond acceptors (Lipinski definition) is 2. The van der Waals surface area contributed by atoms with Crippen LogP contribution in [0, 0.1) is 17.8 Å². The fourth-order valence-electron chi connectivity index (χ4n) is 3.22. The fraction of sp³-hybridized carbons (Fsp3) is 0.929. The molecule has 1 amide bonds. The maximum Gasteiger partial charge on any atom is 0.225 e. The minimum Gasteiger partial charge on any atom is -0.342 e. The first-order valence-electron chi connectivity index (χ1n) is 7.16. The zero-order chi connectivity index (χ0) is 12.3. The Bertz CT molecular complexity index is 259. The van der Waals surface area contributed by atoms with Crippen molar-refractivity contribution in [2.45, 2.75) is 39.5 Å². The van der Waals surface area contributed by atoms with Gasteiger partial charge in [-0.15, -0.1) is 0 Å². The first kappa shape index (κ1) is 12.9. The predicted octanol–water partition coefficient (Wildman–Crippen LogP) is 1.88.